The monoisotopic (exact) mass is 690 g/mol. The average molecular weight is 693 g/mol. The van der Waals surface area contributed by atoms with Gasteiger partial charge in [-0.1, -0.05) is 67.8 Å². The van der Waals surface area contributed by atoms with Gasteiger partial charge < -0.3 is 0 Å². The van der Waals surface area contributed by atoms with Crippen LogP contribution in [0, 0.1) is 13.8 Å². The Bertz CT molecular complexity index is 1910. The minimum atomic E-state index is -2.44. The molecule has 7 aromatic carbocycles. The molecule has 0 nitrogen and oxygen atoms in total. The van der Waals surface area contributed by atoms with Gasteiger partial charge in [0.15, 0.2) is 0 Å². The van der Waals surface area contributed by atoms with Gasteiger partial charge in [-0.3, -0.25) is 0 Å². The van der Waals surface area contributed by atoms with Gasteiger partial charge in [0.25, 0.3) is 0 Å². The van der Waals surface area contributed by atoms with E-state index < -0.39 is 18.9 Å². The molecule has 0 heterocycles. The summed E-state index contributed by atoms with van der Waals surface area (Å²) in [6.07, 6.45) is 2.22. The maximum absolute atomic E-state index is 6.24. The van der Waals surface area contributed by atoms with Crippen molar-refractivity contribution >= 4 is 52.5 Å². The molecular formula is C41H38Cl2Zr-2. The van der Waals surface area contributed by atoms with E-state index in [2.05, 4.69) is 125 Å². The molecule has 0 N–H and O–H groups in total. The molecular weight excluding hydrogens is 655 g/mol. The molecule has 0 aliphatic heterocycles. The minimum absolute atomic E-state index is 1.11. The molecule has 0 aromatic heterocycles. The fourth-order valence-electron chi connectivity index (χ4n) is 5.64. The van der Waals surface area contributed by atoms with Crippen molar-refractivity contribution in [2.45, 2.75) is 40.5 Å². The van der Waals surface area contributed by atoms with Gasteiger partial charge in [0.05, 0.1) is 0 Å². The summed E-state index contributed by atoms with van der Waals surface area (Å²) in [6, 6.07) is 47.2. The summed E-state index contributed by atoms with van der Waals surface area (Å²) in [5.74, 6) is 0. The Hall–Kier alpha value is -3.09. The number of benzene rings is 5. The molecule has 3 heteroatoms. The van der Waals surface area contributed by atoms with Crippen LogP contribution in [-0.4, -0.2) is 3.21 Å². The van der Waals surface area contributed by atoms with Crippen LogP contribution in [0.5, 0.6) is 0 Å². The van der Waals surface area contributed by atoms with Gasteiger partial charge in [0.1, 0.15) is 0 Å². The van der Waals surface area contributed by atoms with Crippen LogP contribution in [0.3, 0.4) is 0 Å². The third-order valence-electron chi connectivity index (χ3n) is 8.11. The second-order valence-corrected chi connectivity index (χ2v) is 19.3. The molecule has 0 atom stereocenters. The molecule has 0 radical (unpaired) electrons. The van der Waals surface area contributed by atoms with E-state index in [-0.39, 0.29) is 0 Å². The van der Waals surface area contributed by atoms with Crippen molar-refractivity contribution in [2.75, 3.05) is 0 Å². The van der Waals surface area contributed by atoms with Crippen molar-refractivity contribution in [1.82, 2.24) is 0 Å². The van der Waals surface area contributed by atoms with E-state index in [1.807, 2.05) is 36.4 Å². The van der Waals surface area contributed by atoms with Crippen LogP contribution in [0.1, 0.15) is 47.2 Å². The van der Waals surface area contributed by atoms with Crippen LogP contribution in [0.25, 0.3) is 32.3 Å². The summed E-state index contributed by atoms with van der Waals surface area (Å²) in [6.45, 7) is 8.69. The summed E-state index contributed by atoms with van der Waals surface area (Å²) in [5, 5.41) is 8.29. The molecule has 0 fully saturated rings. The number of hydrogen-bond acceptors (Lipinski definition) is 0. The first kappa shape index (κ1) is 32.3. The first-order chi connectivity index (χ1) is 21.4. The van der Waals surface area contributed by atoms with E-state index in [0.29, 0.717) is 0 Å². The van der Waals surface area contributed by atoms with Crippen LogP contribution in [0.15, 0.2) is 133 Å². The van der Waals surface area contributed by atoms with Crippen molar-refractivity contribution in [3.63, 3.8) is 0 Å². The van der Waals surface area contributed by atoms with Crippen molar-refractivity contribution in [1.29, 1.82) is 0 Å². The predicted octanol–water partition coefficient (Wildman–Crippen LogP) is 12.2. The molecule has 0 amide bonds. The second kappa shape index (κ2) is 15.3. The van der Waals surface area contributed by atoms with Gasteiger partial charge in [-0.05, 0) is 19.8 Å². The van der Waals surface area contributed by atoms with Gasteiger partial charge in [0, 0.05) is 0 Å². The zero-order chi connectivity index (χ0) is 31.1. The Morgan fingerprint density at radius 1 is 0.591 bits per heavy atom. The van der Waals surface area contributed by atoms with Gasteiger partial charge >= 0.3 is 111 Å². The van der Waals surface area contributed by atoms with E-state index in [0.717, 1.165) is 27.2 Å². The molecule has 0 unspecified atom stereocenters. The van der Waals surface area contributed by atoms with Gasteiger partial charge in [-0.15, -0.1) is 68.7 Å². The second-order valence-electron chi connectivity index (χ2n) is 11.2. The molecule has 0 spiro atoms. The van der Waals surface area contributed by atoms with E-state index >= 15 is 0 Å². The van der Waals surface area contributed by atoms with E-state index in [1.54, 1.807) is 0 Å². The standard InChI is InChI=1S/C17H17.C13H10.C11H11.2ClH.Zr/c1-3-12-5-7-16-14(9-12)11-15-10-13(4-2)6-8-17(15)16;1-3-7-12(8-4-1)11-13-9-5-2-6-10-13;1-8-3-6-11-9(2)4-5-10(11)7-8;;;/h5-11H,3-4H2,1-2H3;1-10H;3-7H,1-2H3;2*1H;/q-1;;-1;;;+2/p-2. The average Bonchev–Trinajstić information content (AvgIpc) is 3.60. The molecule has 7 rings (SSSR count). The molecule has 0 bridgehead atoms. The number of rotatable bonds is 4. The Labute approximate surface area is 276 Å². The third kappa shape index (κ3) is 7.76. The topological polar surface area (TPSA) is 0 Å². The van der Waals surface area contributed by atoms with Gasteiger partial charge in [-0.2, -0.15) is 11.6 Å². The summed E-state index contributed by atoms with van der Waals surface area (Å²) >= 11 is -2.44. The summed E-state index contributed by atoms with van der Waals surface area (Å²) in [7, 11) is 12.5. The molecule has 222 valence electrons. The number of hydrogen-bond donors (Lipinski definition) is 0. The van der Waals surface area contributed by atoms with E-state index in [4.69, 9.17) is 17.0 Å². The van der Waals surface area contributed by atoms with Crippen LogP contribution in [-0.2, 0) is 31.7 Å². The third-order valence-corrected chi connectivity index (χ3v) is 12.7. The van der Waals surface area contributed by atoms with Gasteiger partial charge in [-0.25, -0.2) is 0 Å². The fourth-order valence-corrected chi connectivity index (χ4v) is 10.1. The van der Waals surface area contributed by atoms with Crippen molar-refractivity contribution in [2.24, 2.45) is 0 Å². The predicted molar refractivity (Wildman–Crippen MR) is 193 cm³/mol. The fraction of sp³-hybridized carbons (Fsp3) is 0.146. The van der Waals surface area contributed by atoms with Crippen molar-refractivity contribution in [3.05, 3.63) is 167 Å². The van der Waals surface area contributed by atoms with Crippen molar-refractivity contribution in [3.8, 4) is 0 Å². The molecule has 44 heavy (non-hydrogen) atoms. The zero-order valence-electron chi connectivity index (χ0n) is 25.9. The molecule has 7 aromatic rings. The summed E-state index contributed by atoms with van der Waals surface area (Å²) in [4.78, 5) is 0. The molecule has 0 aliphatic carbocycles. The van der Waals surface area contributed by atoms with E-state index in [1.165, 1.54) is 54.6 Å². The normalized spacial score (nSPS) is 10.7. The van der Waals surface area contributed by atoms with E-state index in [9.17, 15) is 0 Å². The quantitative estimate of drug-likeness (QED) is 0.161. The molecule has 0 aliphatic rings. The van der Waals surface area contributed by atoms with Crippen LogP contribution in [0.4, 0.5) is 0 Å². The molecule has 0 saturated heterocycles. The first-order valence-electron chi connectivity index (χ1n) is 15.3. The Balaban J connectivity index is 0.000000134. The summed E-state index contributed by atoms with van der Waals surface area (Å²) in [5.41, 5.74) is 7.84. The Morgan fingerprint density at radius 2 is 1.09 bits per heavy atom. The SMILES string of the molecule is CCc1ccc2c(c1)[cH-]c1cc(CC)ccc12.Cc1ccc2c(C)c[cH-]c2c1.[Cl][Zr]([Cl])=[C](c1ccccc1)c1ccccc1. The number of fused-ring (bicyclic) bond motifs is 4. The van der Waals surface area contributed by atoms with Crippen LogP contribution in [0.2, 0.25) is 0 Å². The maximum atomic E-state index is 6.24. The number of aryl methyl sites for hydroxylation is 4. The zero-order valence-corrected chi connectivity index (χ0v) is 29.8. The van der Waals surface area contributed by atoms with Crippen molar-refractivity contribution < 1.29 is 18.9 Å². The Kier molecular flexibility index (Phi) is 11.2. The van der Waals surface area contributed by atoms with Crippen LogP contribution < -0.4 is 0 Å². The van der Waals surface area contributed by atoms with Crippen LogP contribution >= 0.6 is 17.0 Å². The number of halogens is 2. The van der Waals surface area contributed by atoms with Gasteiger partial charge in [0.2, 0.25) is 0 Å². The summed E-state index contributed by atoms with van der Waals surface area (Å²) < 4.78 is 1.15. The molecule has 0 saturated carbocycles. The first-order valence-corrected chi connectivity index (χ1v) is 22.8. The Morgan fingerprint density at radius 3 is 1.57 bits per heavy atom.